The first-order valence-electron chi connectivity index (χ1n) is 4.11. The largest absolute Gasteiger partial charge is 0.358 e. The molecule has 1 amide bonds. The Kier molecular flexibility index (Phi) is 4.86. The zero-order valence-corrected chi connectivity index (χ0v) is 7.76. The first-order chi connectivity index (χ1) is 5.12. The molecule has 0 aromatic heterocycles. The van der Waals surface area contributed by atoms with E-state index in [-0.39, 0.29) is 0 Å². The Morgan fingerprint density at radius 2 is 2.09 bits per heavy atom. The van der Waals surface area contributed by atoms with Gasteiger partial charge in [0.05, 0.1) is 27.2 Å². The summed E-state index contributed by atoms with van der Waals surface area (Å²) in [7, 11) is 4.39. The van der Waals surface area contributed by atoms with Crippen LogP contribution in [0.25, 0.3) is 0 Å². The lowest BCUT2D eigenvalue weighted by Crippen LogP contribution is -2.40. The number of amides is 1. The molecule has 0 atom stereocenters. The normalized spacial score (nSPS) is 11.2. The Hall–Kier alpha value is -0.570. The van der Waals surface area contributed by atoms with Gasteiger partial charge in [-0.2, -0.15) is 0 Å². The van der Waals surface area contributed by atoms with Crippen LogP contribution in [-0.4, -0.2) is 44.6 Å². The lowest BCUT2D eigenvalue weighted by Gasteiger charge is -2.27. The molecule has 0 aromatic rings. The number of carbonyl (C=O) groups excluding carboxylic acids is 1. The summed E-state index contributed by atoms with van der Waals surface area (Å²) in [6, 6.07) is 0. The van der Waals surface area contributed by atoms with Gasteiger partial charge in [0, 0.05) is 13.0 Å². The number of rotatable bonds is 6. The fourth-order valence-corrected chi connectivity index (χ4v) is 0.826. The molecule has 3 nitrogen and oxygen atoms in total. The topological polar surface area (TPSA) is 29.1 Å². The van der Waals surface area contributed by atoms with Gasteiger partial charge in [-0.1, -0.05) is 0 Å². The Morgan fingerprint density at radius 1 is 1.45 bits per heavy atom. The van der Waals surface area contributed by atoms with Crippen molar-refractivity contribution in [2.45, 2.75) is 13.3 Å². The monoisotopic (exact) mass is 159 g/mol. The van der Waals surface area contributed by atoms with Crippen LogP contribution < -0.4 is 5.32 Å². The molecule has 0 spiro atoms. The number of nitrogens with one attached hydrogen (secondary N) is 1. The molecule has 0 aliphatic rings. The fraction of sp³-hybridized carbons (Fsp3) is 0.875. The van der Waals surface area contributed by atoms with E-state index in [0.29, 0.717) is 0 Å². The van der Waals surface area contributed by atoms with Crippen molar-refractivity contribution in [1.82, 2.24) is 5.32 Å². The van der Waals surface area contributed by atoms with Crippen molar-refractivity contribution in [3.8, 4) is 0 Å². The van der Waals surface area contributed by atoms with E-state index < -0.39 is 0 Å². The van der Waals surface area contributed by atoms with Gasteiger partial charge >= 0.3 is 0 Å². The molecule has 0 aliphatic heterocycles. The van der Waals surface area contributed by atoms with E-state index in [9.17, 15) is 4.79 Å². The molecule has 0 fully saturated rings. The molecule has 66 valence electrons. The van der Waals surface area contributed by atoms with E-state index in [1.54, 1.807) is 0 Å². The first-order valence-corrected chi connectivity index (χ1v) is 4.11. The highest BCUT2D eigenvalue weighted by Crippen LogP contribution is 1.96. The highest BCUT2D eigenvalue weighted by atomic mass is 16.1. The van der Waals surface area contributed by atoms with Crippen LogP contribution in [0.15, 0.2) is 0 Å². The van der Waals surface area contributed by atoms with E-state index in [0.717, 1.165) is 36.9 Å². The van der Waals surface area contributed by atoms with Crippen LogP contribution >= 0.6 is 0 Å². The standard InChI is InChI=1S/C8H18N2O/c1-4-10(2,3)7-5-6-9-8-11/h8H,4-7H2,1-3H3/p+1. The van der Waals surface area contributed by atoms with Gasteiger partial charge in [0.15, 0.2) is 0 Å². The second-order valence-corrected chi connectivity index (χ2v) is 3.40. The molecule has 0 unspecified atom stereocenters. The van der Waals surface area contributed by atoms with Crippen molar-refractivity contribution >= 4 is 6.41 Å². The molecule has 1 N–H and O–H groups in total. The molecule has 0 saturated carbocycles. The van der Waals surface area contributed by atoms with E-state index in [4.69, 9.17) is 0 Å². The predicted octanol–water partition coefficient (Wildman–Crippen LogP) is 0.219. The summed E-state index contributed by atoms with van der Waals surface area (Å²) in [5.41, 5.74) is 0. The van der Waals surface area contributed by atoms with Gasteiger partial charge < -0.3 is 9.80 Å². The summed E-state index contributed by atoms with van der Waals surface area (Å²) >= 11 is 0. The quantitative estimate of drug-likeness (QED) is 0.335. The lowest BCUT2D eigenvalue weighted by molar-refractivity contribution is -0.888. The van der Waals surface area contributed by atoms with E-state index in [1.165, 1.54) is 0 Å². The minimum absolute atomic E-state index is 0.756. The van der Waals surface area contributed by atoms with Crippen molar-refractivity contribution in [3.05, 3.63) is 0 Å². The van der Waals surface area contributed by atoms with Crippen LogP contribution in [0.3, 0.4) is 0 Å². The van der Waals surface area contributed by atoms with Gasteiger partial charge in [-0.3, -0.25) is 4.79 Å². The summed E-state index contributed by atoms with van der Waals surface area (Å²) in [6.07, 6.45) is 1.81. The molecule has 0 saturated heterocycles. The maximum atomic E-state index is 9.88. The molecular formula is C8H19N2O+. The van der Waals surface area contributed by atoms with Gasteiger partial charge in [-0.25, -0.2) is 0 Å². The number of carbonyl (C=O) groups is 1. The highest BCUT2D eigenvalue weighted by molar-refractivity contribution is 5.45. The zero-order chi connectivity index (χ0) is 8.74. The molecule has 0 radical (unpaired) electrons. The van der Waals surface area contributed by atoms with Gasteiger partial charge in [0.2, 0.25) is 6.41 Å². The van der Waals surface area contributed by atoms with Crippen LogP contribution in [0.5, 0.6) is 0 Å². The van der Waals surface area contributed by atoms with Gasteiger partial charge in [0.1, 0.15) is 0 Å². The van der Waals surface area contributed by atoms with Crippen molar-refractivity contribution in [2.24, 2.45) is 0 Å². The van der Waals surface area contributed by atoms with E-state index >= 15 is 0 Å². The third kappa shape index (κ3) is 5.85. The molecule has 0 bridgehead atoms. The second kappa shape index (κ2) is 5.13. The maximum absolute atomic E-state index is 9.88. The summed E-state index contributed by atoms with van der Waals surface area (Å²) in [6.45, 7) is 5.23. The minimum atomic E-state index is 0.756. The van der Waals surface area contributed by atoms with Gasteiger partial charge in [0.25, 0.3) is 0 Å². The third-order valence-electron chi connectivity index (χ3n) is 2.02. The maximum Gasteiger partial charge on any atom is 0.207 e. The summed E-state index contributed by atoms with van der Waals surface area (Å²) in [5.74, 6) is 0. The van der Waals surface area contributed by atoms with Crippen LogP contribution in [0.2, 0.25) is 0 Å². The zero-order valence-electron chi connectivity index (χ0n) is 7.76. The Bertz CT molecular complexity index is 113. The number of hydrogen-bond donors (Lipinski definition) is 1. The van der Waals surface area contributed by atoms with Crippen LogP contribution in [0.4, 0.5) is 0 Å². The van der Waals surface area contributed by atoms with Crippen LogP contribution in [0.1, 0.15) is 13.3 Å². The smallest absolute Gasteiger partial charge is 0.207 e. The van der Waals surface area contributed by atoms with Crippen molar-refractivity contribution < 1.29 is 9.28 Å². The highest BCUT2D eigenvalue weighted by Gasteiger charge is 2.09. The number of nitrogens with zero attached hydrogens (tertiary/aromatic N) is 1. The van der Waals surface area contributed by atoms with Crippen molar-refractivity contribution in [3.63, 3.8) is 0 Å². The number of quaternary nitrogens is 1. The van der Waals surface area contributed by atoms with Gasteiger partial charge in [-0.15, -0.1) is 0 Å². The molecular weight excluding hydrogens is 140 g/mol. The second-order valence-electron chi connectivity index (χ2n) is 3.40. The first kappa shape index (κ1) is 10.4. The molecule has 0 aromatic carbocycles. The summed E-state index contributed by atoms with van der Waals surface area (Å²) in [5, 5.41) is 2.65. The summed E-state index contributed by atoms with van der Waals surface area (Å²) < 4.78 is 1.03. The van der Waals surface area contributed by atoms with Crippen molar-refractivity contribution in [2.75, 3.05) is 33.7 Å². The Morgan fingerprint density at radius 3 is 2.55 bits per heavy atom. The Balaban J connectivity index is 3.29. The molecule has 0 heterocycles. The minimum Gasteiger partial charge on any atom is -0.358 e. The SMILES string of the molecule is CC[N+](C)(C)CCCNC=O. The average Bonchev–Trinajstić information content (AvgIpc) is 1.99. The molecule has 0 rings (SSSR count). The molecule has 11 heavy (non-hydrogen) atoms. The Labute approximate surface area is 69.0 Å². The molecule has 3 heteroatoms. The predicted molar refractivity (Wildman–Crippen MR) is 46.2 cm³/mol. The van der Waals surface area contributed by atoms with Crippen LogP contribution in [0, 0.1) is 0 Å². The van der Waals surface area contributed by atoms with Gasteiger partial charge in [-0.05, 0) is 6.92 Å². The third-order valence-corrected chi connectivity index (χ3v) is 2.02. The van der Waals surface area contributed by atoms with Crippen molar-refractivity contribution in [1.29, 1.82) is 0 Å². The lowest BCUT2D eigenvalue weighted by atomic mass is 10.3. The fourth-order valence-electron chi connectivity index (χ4n) is 0.826. The van der Waals surface area contributed by atoms with Crippen LogP contribution in [-0.2, 0) is 4.79 Å². The molecule has 0 aliphatic carbocycles. The number of hydrogen-bond acceptors (Lipinski definition) is 1. The van der Waals surface area contributed by atoms with E-state index in [2.05, 4.69) is 26.3 Å². The average molecular weight is 159 g/mol. The summed E-state index contributed by atoms with van der Waals surface area (Å²) in [4.78, 5) is 9.88. The van der Waals surface area contributed by atoms with E-state index in [1.807, 2.05) is 0 Å².